The zero-order valence-electron chi connectivity index (χ0n) is 13.9. The van der Waals surface area contributed by atoms with E-state index in [0.717, 1.165) is 30.3 Å². The normalized spacial score (nSPS) is 20.5. The molecule has 0 radical (unpaired) electrons. The van der Waals surface area contributed by atoms with E-state index in [4.69, 9.17) is 10.00 Å². The number of ether oxygens (including phenoxy) is 1. The average Bonchev–Trinajstić information content (AvgIpc) is 2.60. The molecule has 1 aliphatic rings. The van der Waals surface area contributed by atoms with Crippen LogP contribution in [0.5, 0.6) is 0 Å². The highest BCUT2D eigenvalue weighted by molar-refractivity contribution is 5.42. The summed E-state index contributed by atoms with van der Waals surface area (Å²) in [5.74, 6) is 1.73. The van der Waals surface area contributed by atoms with Crippen molar-refractivity contribution in [2.45, 2.75) is 32.6 Å². The van der Waals surface area contributed by atoms with Crippen LogP contribution in [0.2, 0.25) is 0 Å². The first-order valence-electron chi connectivity index (χ1n) is 8.09. The second-order valence-electron chi connectivity index (χ2n) is 6.08. The lowest BCUT2D eigenvalue weighted by atomic mass is 10.2. The number of aromatic nitrogens is 2. The molecule has 6 nitrogen and oxygen atoms in total. The van der Waals surface area contributed by atoms with Crippen LogP contribution in [0.15, 0.2) is 36.7 Å². The van der Waals surface area contributed by atoms with Gasteiger partial charge in [-0.2, -0.15) is 5.26 Å². The second-order valence-corrected chi connectivity index (χ2v) is 6.08. The van der Waals surface area contributed by atoms with Gasteiger partial charge in [-0.05, 0) is 37.6 Å². The molecule has 1 fully saturated rings. The Morgan fingerprint density at radius 3 is 2.54 bits per heavy atom. The van der Waals surface area contributed by atoms with Crippen LogP contribution in [0, 0.1) is 11.3 Å². The minimum absolute atomic E-state index is 0.222. The van der Waals surface area contributed by atoms with Crippen LogP contribution in [0.25, 0.3) is 0 Å². The fraction of sp³-hybridized carbons (Fsp3) is 0.389. The SMILES string of the molecule is C[C@@H]1CN(c2ccc(CNc3ccc(C#N)cn3)cn2)C[C@@H](C)O1. The molecule has 0 bridgehead atoms. The largest absolute Gasteiger partial charge is 0.372 e. The summed E-state index contributed by atoms with van der Waals surface area (Å²) >= 11 is 0. The monoisotopic (exact) mass is 323 g/mol. The van der Waals surface area contributed by atoms with Gasteiger partial charge < -0.3 is 15.0 Å². The predicted octanol–water partition coefficient (Wildman–Crippen LogP) is 2.57. The van der Waals surface area contributed by atoms with Gasteiger partial charge in [-0.3, -0.25) is 0 Å². The predicted molar refractivity (Wildman–Crippen MR) is 92.7 cm³/mol. The van der Waals surface area contributed by atoms with Crippen LogP contribution in [0.3, 0.4) is 0 Å². The van der Waals surface area contributed by atoms with E-state index in [0.29, 0.717) is 12.1 Å². The summed E-state index contributed by atoms with van der Waals surface area (Å²) in [5, 5.41) is 12.0. The van der Waals surface area contributed by atoms with Gasteiger partial charge in [0.1, 0.15) is 17.7 Å². The van der Waals surface area contributed by atoms with Crippen molar-refractivity contribution < 1.29 is 4.74 Å². The molecule has 0 aliphatic carbocycles. The Kier molecular flexibility index (Phi) is 4.92. The molecule has 0 saturated carbocycles. The fourth-order valence-corrected chi connectivity index (χ4v) is 2.83. The summed E-state index contributed by atoms with van der Waals surface area (Å²) in [6, 6.07) is 9.73. The number of rotatable bonds is 4. The fourth-order valence-electron chi connectivity index (χ4n) is 2.83. The summed E-state index contributed by atoms with van der Waals surface area (Å²) in [6.45, 7) is 6.55. The molecule has 24 heavy (non-hydrogen) atoms. The van der Waals surface area contributed by atoms with Gasteiger partial charge in [-0.15, -0.1) is 0 Å². The van der Waals surface area contributed by atoms with Crippen molar-refractivity contribution in [1.29, 1.82) is 5.26 Å². The van der Waals surface area contributed by atoms with Crippen LogP contribution in [0.1, 0.15) is 25.0 Å². The Balaban J connectivity index is 1.59. The molecule has 3 rings (SSSR count). The van der Waals surface area contributed by atoms with Crippen molar-refractivity contribution in [1.82, 2.24) is 9.97 Å². The molecular formula is C18H21N5O. The van der Waals surface area contributed by atoms with Crippen LogP contribution in [-0.2, 0) is 11.3 Å². The lowest BCUT2D eigenvalue weighted by Crippen LogP contribution is -2.45. The average molecular weight is 323 g/mol. The maximum Gasteiger partial charge on any atom is 0.128 e. The van der Waals surface area contributed by atoms with Gasteiger partial charge in [0.15, 0.2) is 0 Å². The van der Waals surface area contributed by atoms with E-state index in [-0.39, 0.29) is 12.2 Å². The van der Waals surface area contributed by atoms with E-state index < -0.39 is 0 Å². The van der Waals surface area contributed by atoms with Crippen molar-refractivity contribution in [2.24, 2.45) is 0 Å². The molecule has 1 saturated heterocycles. The quantitative estimate of drug-likeness (QED) is 0.932. The van der Waals surface area contributed by atoms with E-state index in [1.807, 2.05) is 12.3 Å². The Morgan fingerprint density at radius 1 is 1.17 bits per heavy atom. The number of nitrogens with zero attached hydrogens (tertiary/aromatic N) is 4. The third-order valence-electron chi connectivity index (χ3n) is 3.92. The molecule has 0 amide bonds. The standard InChI is InChI=1S/C18H21N5O/c1-13-11-23(12-14(2)24-13)18-6-4-16(10-22-18)9-21-17-5-3-15(7-19)8-20-17/h3-6,8,10,13-14H,9,11-12H2,1-2H3,(H,20,21)/t13-,14-/m1/s1. The van der Waals surface area contributed by atoms with Gasteiger partial charge in [0.05, 0.1) is 17.8 Å². The topological polar surface area (TPSA) is 74.1 Å². The van der Waals surface area contributed by atoms with Crippen LogP contribution in [0.4, 0.5) is 11.6 Å². The molecule has 1 N–H and O–H groups in total. The number of anilines is 2. The number of hydrogen-bond donors (Lipinski definition) is 1. The van der Waals surface area contributed by atoms with Crippen LogP contribution < -0.4 is 10.2 Å². The van der Waals surface area contributed by atoms with E-state index in [1.165, 1.54) is 0 Å². The zero-order valence-corrected chi connectivity index (χ0v) is 13.9. The van der Waals surface area contributed by atoms with Gasteiger partial charge in [0, 0.05) is 32.0 Å². The number of nitrogens with one attached hydrogen (secondary N) is 1. The number of morpholine rings is 1. The Morgan fingerprint density at radius 2 is 1.96 bits per heavy atom. The molecule has 124 valence electrons. The lowest BCUT2D eigenvalue weighted by molar-refractivity contribution is -0.00545. The third kappa shape index (κ3) is 4.00. The minimum Gasteiger partial charge on any atom is -0.372 e. The summed E-state index contributed by atoms with van der Waals surface area (Å²) in [5.41, 5.74) is 1.64. The van der Waals surface area contributed by atoms with Gasteiger partial charge in [-0.1, -0.05) is 6.07 Å². The molecule has 2 aromatic rings. The van der Waals surface area contributed by atoms with E-state index in [2.05, 4.69) is 46.2 Å². The Bertz CT molecular complexity index is 698. The highest BCUT2D eigenvalue weighted by Gasteiger charge is 2.22. The lowest BCUT2D eigenvalue weighted by Gasteiger charge is -2.36. The Hall–Kier alpha value is -2.65. The molecule has 2 aromatic heterocycles. The third-order valence-corrected chi connectivity index (χ3v) is 3.92. The summed E-state index contributed by atoms with van der Waals surface area (Å²) in [4.78, 5) is 11.0. The number of nitriles is 1. The van der Waals surface area contributed by atoms with Crippen molar-refractivity contribution in [3.05, 3.63) is 47.8 Å². The number of pyridine rings is 2. The van der Waals surface area contributed by atoms with Gasteiger partial charge in [0.25, 0.3) is 0 Å². The van der Waals surface area contributed by atoms with Gasteiger partial charge in [-0.25, -0.2) is 9.97 Å². The van der Waals surface area contributed by atoms with E-state index in [1.54, 1.807) is 18.3 Å². The van der Waals surface area contributed by atoms with Crippen molar-refractivity contribution in [3.8, 4) is 6.07 Å². The highest BCUT2D eigenvalue weighted by atomic mass is 16.5. The highest BCUT2D eigenvalue weighted by Crippen LogP contribution is 2.18. The maximum atomic E-state index is 8.77. The first kappa shape index (κ1) is 16.2. The molecule has 0 spiro atoms. The molecule has 2 atom stereocenters. The van der Waals surface area contributed by atoms with Crippen LogP contribution in [-0.4, -0.2) is 35.3 Å². The molecule has 6 heteroatoms. The van der Waals surface area contributed by atoms with Crippen LogP contribution >= 0.6 is 0 Å². The first-order chi connectivity index (χ1) is 11.6. The van der Waals surface area contributed by atoms with Crippen molar-refractivity contribution in [2.75, 3.05) is 23.3 Å². The first-order valence-corrected chi connectivity index (χ1v) is 8.09. The van der Waals surface area contributed by atoms with Gasteiger partial charge in [0.2, 0.25) is 0 Å². The molecule has 3 heterocycles. The van der Waals surface area contributed by atoms with E-state index >= 15 is 0 Å². The summed E-state index contributed by atoms with van der Waals surface area (Å²) < 4.78 is 5.76. The van der Waals surface area contributed by atoms with Gasteiger partial charge >= 0.3 is 0 Å². The number of hydrogen-bond acceptors (Lipinski definition) is 6. The molecule has 0 aromatic carbocycles. The smallest absolute Gasteiger partial charge is 0.128 e. The summed E-state index contributed by atoms with van der Waals surface area (Å²) in [6.07, 6.45) is 3.89. The molecular weight excluding hydrogens is 302 g/mol. The minimum atomic E-state index is 0.222. The zero-order chi connectivity index (χ0) is 16.9. The Labute approximate surface area is 142 Å². The second kappa shape index (κ2) is 7.28. The van der Waals surface area contributed by atoms with Crippen molar-refractivity contribution in [3.63, 3.8) is 0 Å². The van der Waals surface area contributed by atoms with Crippen molar-refractivity contribution >= 4 is 11.6 Å². The summed E-state index contributed by atoms with van der Waals surface area (Å²) in [7, 11) is 0. The molecule has 1 aliphatic heterocycles. The maximum absolute atomic E-state index is 8.77. The van der Waals surface area contributed by atoms with E-state index in [9.17, 15) is 0 Å². The molecule has 0 unspecified atom stereocenters.